The van der Waals surface area contributed by atoms with Crippen molar-refractivity contribution in [3.8, 4) is 0 Å². The first-order chi connectivity index (χ1) is 8.01. The summed E-state index contributed by atoms with van der Waals surface area (Å²) in [6.07, 6.45) is 0.763. The summed E-state index contributed by atoms with van der Waals surface area (Å²) in [4.78, 5) is 11.9. The molecule has 0 N–H and O–H groups in total. The van der Waals surface area contributed by atoms with Gasteiger partial charge < -0.3 is 4.74 Å². The fraction of sp³-hybridized carbons (Fsp3) is 0.357. The molecule has 2 nitrogen and oxygen atoms in total. The summed E-state index contributed by atoms with van der Waals surface area (Å²) in [5.41, 5.74) is 1.11. The van der Waals surface area contributed by atoms with E-state index in [1.165, 1.54) is 5.56 Å². The van der Waals surface area contributed by atoms with Crippen molar-refractivity contribution >= 4 is 18.0 Å². The lowest BCUT2D eigenvalue weighted by molar-refractivity contribution is -0.106. The smallest absolute Gasteiger partial charge is 0.148 e. The quantitative estimate of drug-likeness (QED) is 0.440. The topological polar surface area (TPSA) is 26.3 Å². The lowest BCUT2D eigenvalue weighted by Gasteiger charge is -2.27. The number of aryl methyl sites for hydroxylation is 1. The van der Waals surface area contributed by atoms with Crippen molar-refractivity contribution in [2.45, 2.75) is 24.3 Å². The highest BCUT2D eigenvalue weighted by Gasteiger charge is 2.27. The number of ether oxygens (including phenoxy) is 1. The van der Waals surface area contributed by atoms with Crippen LogP contribution in [-0.4, -0.2) is 24.7 Å². The van der Waals surface area contributed by atoms with Crippen molar-refractivity contribution in [2.75, 3.05) is 12.9 Å². The monoisotopic (exact) mass is 250 g/mol. The van der Waals surface area contributed by atoms with E-state index >= 15 is 0 Å². The third-order valence-electron chi connectivity index (χ3n) is 2.81. The molecule has 0 bridgehead atoms. The molecule has 1 unspecified atom stereocenters. The first-order valence-corrected chi connectivity index (χ1v) is 6.39. The second kappa shape index (κ2) is 6.03. The number of aldehydes is 1. The van der Waals surface area contributed by atoms with Crippen LogP contribution in [0.2, 0.25) is 0 Å². The van der Waals surface area contributed by atoms with Gasteiger partial charge in [-0.25, -0.2) is 0 Å². The van der Waals surface area contributed by atoms with E-state index in [2.05, 4.69) is 37.8 Å². The number of hydrogen-bond acceptors (Lipinski definition) is 3. The molecule has 0 radical (unpaired) electrons. The molecule has 0 fully saturated rings. The van der Waals surface area contributed by atoms with E-state index in [0.29, 0.717) is 11.3 Å². The van der Waals surface area contributed by atoms with Gasteiger partial charge in [0, 0.05) is 23.3 Å². The van der Waals surface area contributed by atoms with Crippen LogP contribution in [0.3, 0.4) is 0 Å². The highest BCUT2D eigenvalue weighted by molar-refractivity contribution is 7.99. The molecule has 0 aliphatic heterocycles. The van der Waals surface area contributed by atoms with E-state index in [1.807, 2.05) is 6.92 Å². The van der Waals surface area contributed by atoms with Crippen LogP contribution in [0.15, 0.2) is 41.3 Å². The Morgan fingerprint density at radius 3 is 2.53 bits per heavy atom. The fourth-order valence-electron chi connectivity index (χ4n) is 1.26. The lowest BCUT2D eigenvalue weighted by Crippen LogP contribution is -2.33. The first-order valence-electron chi connectivity index (χ1n) is 5.41. The molecule has 1 aromatic carbocycles. The fourth-order valence-corrected chi connectivity index (χ4v) is 2.34. The lowest BCUT2D eigenvalue weighted by atomic mass is 10.0. The van der Waals surface area contributed by atoms with E-state index in [0.717, 1.165) is 11.2 Å². The summed E-state index contributed by atoms with van der Waals surface area (Å²) in [7, 11) is 1.60. The maximum atomic E-state index is 10.8. The van der Waals surface area contributed by atoms with E-state index in [-0.39, 0.29) is 0 Å². The van der Waals surface area contributed by atoms with Gasteiger partial charge in [-0.2, -0.15) is 0 Å². The molecule has 0 saturated carbocycles. The van der Waals surface area contributed by atoms with Gasteiger partial charge in [0.1, 0.15) is 11.9 Å². The van der Waals surface area contributed by atoms with E-state index in [9.17, 15) is 4.79 Å². The summed E-state index contributed by atoms with van der Waals surface area (Å²) in [6, 6.07) is 8.28. The highest BCUT2D eigenvalue weighted by Crippen LogP contribution is 2.28. The van der Waals surface area contributed by atoms with Crippen molar-refractivity contribution in [2.24, 2.45) is 0 Å². The predicted molar refractivity (Wildman–Crippen MR) is 72.5 cm³/mol. The van der Waals surface area contributed by atoms with Crippen LogP contribution in [0.4, 0.5) is 0 Å². The summed E-state index contributed by atoms with van der Waals surface area (Å²) >= 11 is 1.66. The molecule has 0 aliphatic rings. The van der Waals surface area contributed by atoms with Crippen LogP contribution >= 0.6 is 11.8 Å². The number of carbonyl (C=O) groups excluding carboxylic acids is 1. The standard InChI is InChI=1S/C14H18O2S/c1-11-5-7-13(8-6-11)17-10-14(3,16-4)12(2)9-15/h5-9H,2,10H2,1,3-4H3. The van der Waals surface area contributed by atoms with Crippen LogP contribution in [0.1, 0.15) is 12.5 Å². The average molecular weight is 250 g/mol. The zero-order valence-corrected chi connectivity index (χ0v) is 11.3. The maximum Gasteiger partial charge on any atom is 0.148 e. The molecule has 3 heteroatoms. The average Bonchev–Trinajstić information content (AvgIpc) is 2.36. The van der Waals surface area contributed by atoms with Gasteiger partial charge in [0.25, 0.3) is 0 Å². The summed E-state index contributed by atoms with van der Waals surface area (Å²) in [5, 5.41) is 0. The third kappa shape index (κ3) is 3.72. The summed E-state index contributed by atoms with van der Waals surface area (Å²) < 4.78 is 5.38. The van der Waals surface area contributed by atoms with Gasteiger partial charge in [0.15, 0.2) is 0 Å². The number of thioether (sulfide) groups is 1. The predicted octanol–water partition coefficient (Wildman–Crippen LogP) is 3.25. The SMILES string of the molecule is C=C(C=O)C(C)(CSc1ccc(C)cc1)OC. The van der Waals surface area contributed by atoms with Gasteiger partial charge >= 0.3 is 0 Å². The normalized spacial score (nSPS) is 14.1. The first kappa shape index (κ1) is 14.0. The van der Waals surface area contributed by atoms with E-state index in [1.54, 1.807) is 18.9 Å². The van der Waals surface area contributed by atoms with E-state index in [4.69, 9.17) is 4.74 Å². The number of carbonyl (C=O) groups is 1. The van der Waals surface area contributed by atoms with Gasteiger partial charge in [-0.15, -0.1) is 11.8 Å². The maximum absolute atomic E-state index is 10.8. The van der Waals surface area contributed by atoms with Crippen molar-refractivity contribution in [3.05, 3.63) is 42.0 Å². The minimum absolute atomic E-state index is 0.472. The molecule has 0 amide bonds. The van der Waals surface area contributed by atoms with Gasteiger partial charge in [-0.3, -0.25) is 4.79 Å². The second-order valence-electron chi connectivity index (χ2n) is 4.18. The third-order valence-corrected chi connectivity index (χ3v) is 4.11. The van der Waals surface area contributed by atoms with Crippen molar-refractivity contribution < 1.29 is 9.53 Å². The minimum atomic E-state index is -0.600. The number of benzene rings is 1. The Kier molecular flexibility index (Phi) is 4.97. The molecule has 0 aliphatic carbocycles. The Bertz CT molecular complexity index is 397. The van der Waals surface area contributed by atoms with Gasteiger partial charge in [0.2, 0.25) is 0 Å². The minimum Gasteiger partial charge on any atom is -0.373 e. The summed E-state index contributed by atoms with van der Waals surface area (Å²) in [5.74, 6) is 0.671. The van der Waals surface area contributed by atoms with Crippen molar-refractivity contribution in [1.82, 2.24) is 0 Å². The zero-order valence-electron chi connectivity index (χ0n) is 10.5. The molecule has 0 saturated heterocycles. The Morgan fingerprint density at radius 1 is 1.47 bits per heavy atom. The molecule has 1 rings (SSSR count). The zero-order chi connectivity index (χ0) is 12.9. The van der Waals surface area contributed by atoms with Crippen LogP contribution in [-0.2, 0) is 9.53 Å². The Hall–Kier alpha value is -1.06. The van der Waals surface area contributed by atoms with Crippen LogP contribution < -0.4 is 0 Å². The molecule has 17 heavy (non-hydrogen) atoms. The number of hydrogen-bond donors (Lipinski definition) is 0. The molecular formula is C14H18O2S. The summed E-state index contributed by atoms with van der Waals surface area (Å²) in [6.45, 7) is 7.67. The molecule has 1 aromatic rings. The van der Waals surface area contributed by atoms with E-state index < -0.39 is 5.60 Å². The van der Waals surface area contributed by atoms with Gasteiger partial charge in [-0.1, -0.05) is 24.3 Å². The molecule has 0 heterocycles. The molecular weight excluding hydrogens is 232 g/mol. The molecule has 92 valence electrons. The Labute approximate surface area is 107 Å². The Balaban J connectivity index is 2.68. The molecule has 0 aromatic heterocycles. The van der Waals surface area contributed by atoms with Crippen molar-refractivity contribution in [3.63, 3.8) is 0 Å². The van der Waals surface area contributed by atoms with Crippen LogP contribution in [0.5, 0.6) is 0 Å². The number of rotatable bonds is 6. The van der Waals surface area contributed by atoms with Crippen LogP contribution in [0, 0.1) is 6.92 Å². The number of methoxy groups -OCH3 is 1. The highest BCUT2D eigenvalue weighted by atomic mass is 32.2. The second-order valence-corrected chi connectivity index (χ2v) is 5.23. The molecule has 0 spiro atoms. The van der Waals surface area contributed by atoms with Crippen LogP contribution in [0.25, 0.3) is 0 Å². The van der Waals surface area contributed by atoms with Gasteiger partial charge in [-0.05, 0) is 26.0 Å². The molecule has 1 atom stereocenters. The van der Waals surface area contributed by atoms with Crippen molar-refractivity contribution in [1.29, 1.82) is 0 Å². The Morgan fingerprint density at radius 2 is 2.06 bits per heavy atom. The van der Waals surface area contributed by atoms with Gasteiger partial charge in [0.05, 0.1) is 0 Å². The largest absolute Gasteiger partial charge is 0.373 e.